The monoisotopic (exact) mass is 472 g/mol. The summed E-state index contributed by atoms with van der Waals surface area (Å²) in [5.74, 6) is -0.544. The zero-order valence-corrected chi connectivity index (χ0v) is 19.4. The van der Waals surface area contributed by atoms with Gasteiger partial charge in [-0.15, -0.1) is 0 Å². The fraction of sp³-hybridized carbons (Fsp3) is 0.308. The Bertz CT molecular complexity index is 1470. The van der Waals surface area contributed by atoms with Crippen LogP contribution in [-0.4, -0.2) is 32.5 Å². The molecule has 1 saturated heterocycles. The molecule has 8 nitrogen and oxygen atoms in total. The zero-order chi connectivity index (χ0) is 24.1. The van der Waals surface area contributed by atoms with Gasteiger partial charge in [-0.1, -0.05) is 18.2 Å². The van der Waals surface area contributed by atoms with Crippen LogP contribution >= 0.6 is 0 Å². The number of anilines is 3. The van der Waals surface area contributed by atoms with Gasteiger partial charge in [0.2, 0.25) is 11.8 Å². The predicted octanol–water partition coefficient (Wildman–Crippen LogP) is 5.74. The third kappa shape index (κ3) is 3.67. The van der Waals surface area contributed by atoms with Crippen molar-refractivity contribution in [3.63, 3.8) is 0 Å². The van der Waals surface area contributed by atoms with Crippen molar-refractivity contribution in [3.8, 4) is 11.3 Å². The Kier molecular flexibility index (Phi) is 5.12. The lowest BCUT2D eigenvalue weighted by Crippen LogP contribution is -2.19. The average Bonchev–Trinajstić information content (AvgIpc) is 3.51. The number of para-hydroxylation sites is 1. The van der Waals surface area contributed by atoms with E-state index in [1.807, 2.05) is 6.20 Å². The van der Waals surface area contributed by atoms with Crippen LogP contribution < -0.4 is 10.2 Å². The standard InChI is InChI=1S/C26H25FN6O2/c1-16-12-20(27)22(33(34)35)13-21(16)29-26-28-14-23(31-9-2-3-10-31)24(30-26)19-15-32-11-5-7-17-6-4-8-18(19)25(17)32/h4,6,8,12-15H,2-3,5,7,9-11H2,1H3,(H,28,29,30). The van der Waals surface area contributed by atoms with Crippen LogP contribution in [0.3, 0.4) is 0 Å². The maximum absolute atomic E-state index is 14.0. The van der Waals surface area contributed by atoms with Crippen molar-refractivity contribution < 1.29 is 9.31 Å². The van der Waals surface area contributed by atoms with E-state index < -0.39 is 16.4 Å². The Hall–Kier alpha value is -4.01. The molecule has 1 N–H and O–H groups in total. The van der Waals surface area contributed by atoms with Crippen LogP contribution in [0.4, 0.5) is 27.4 Å². The largest absolute Gasteiger partial charge is 0.369 e. The van der Waals surface area contributed by atoms with Crippen molar-refractivity contribution in [2.75, 3.05) is 23.3 Å². The molecule has 9 heteroatoms. The number of aryl methyl sites for hydroxylation is 3. The van der Waals surface area contributed by atoms with Crippen LogP contribution in [0, 0.1) is 22.9 Å². The van der Waals surface area contributed by atoms with E-state index in [1.165, 1.54) is 22.5 Å². The molecule has 0 radical (unpaired) electrons. The SMILES string of the molecule is Cc1cc(F)c([N+](=O)[O-])cc1Nc1ncc(N2CCCC2)c(-c2cn3c4c(cccc24)CCC3)n1. The molecule has 6 rings (SSSR count). The lowest BCUT2D eigenvalue weighted by Gasteiger charge is -2.21. The first kappa shape index (κ1) is 21.5. The van der Waals surface area contributed by atoms with Gasteiger partial charge in [0, 0.05) is 42.8 Å². The lowest BCUT2D eigenvalue weighted by molar-refractivity contribution is -0.387. The van der Waals surface area contributed by atoms with Gasteiger partial charge in [-0.3, -0.25) is 10.1 Å². The highest BCUT2D eigenvalue weighted by molar-refractivity contribution is 6.00. The van der Waals surface area contributed by atoms with Crippen LogP contribution in [0.2, 0.25) is 0 Å². The van der Waals surface area contributed by atoms with Crippen molar-refractivity contribution in [1.82, 2.24) is 14.5 Å². The number of halogens is 1. The summed E-state index contributed by atoms with van der Waals surface area (Å²) in [6, 6.07) is 8.80. The molecule has 2 aliphatic heterocycles. The minimum absolute atomic E-state index is 0.318. The Morgan fingerprint density at radius 3 is 2.77 bits per heavy atom. The van der Waals surface area contributed by atoms with Crippen molar-refractivity contribution in [1.29, 1.82) is 0 Å². The summed E-state index contributed by atoms with van der Waals surface area (Å²) in [5.41, 5.74) is 5.84. The molecule has 2 aromatic carbocycles. The molecule has 2 aromatic heterocycles. The molecule has 0 bridgehead atoms. The number of nitro groups is 1. The molecule has 0 atom stereocenters. The van der Waals surface area contributed by atoms with Crippen molar-refractivity contribution in [2.45, 2.75) is 39.2 Å². The second-order valence-corrected chi connectivity index (χ2v) is 9.28. The zero-order valence-electron chi connectivity index (χ0n) is 19.4. The van der Waals surface area contributed by atoms with E-state index in [9.17, 15) is 14.5 Å². The van der Waals surface area contributed by atoms with E-state index in [-0.39, 0.29) is 0 Å². The summed E-state index contributed by atoms with van der Waals surface area (Å²) in [6.07, 6.45) is 8.45. The van der Waals surface area contributed by atoms with Crippen LogP contribution in [0.5, 0.6) is 0 Å². The molecule has 0 amide bonds. The first-order chi connectivity index (χ1) is 17.0. The normalized spacial score (nSPS) is 15.1. The highest BCUT2D eigenvalue weighted by atomic mass is 19.1. The molecule has 0 spiro atoms. The number of nitro benzene ring substituents is 1. The summed E-state index contributed by atoms with van der Waals surface area (Å²) in [4.78, 5) is 22.3. The van der Waals surface area contributed by atoms with E-state index in [0.717, 1.165) is 68.3 Å². The maximum Gasteiger partial charge on any atom is 0.306 e. The fourth-order valence-electron chi connectivity index (χ4n) is 5.32. The molecular weight excluding hydrogens is 447 g/mol. The second-order valence-electron chi connectivity index (χ2n) is 9.28. The molecular formula is C26H25FN6O2. The van der Waals surface area contributed by atoms with Crippen LogP contribution in [0.1, 0.15) is 30.4 Å². The molecule has 35 heavy (non-hydrogen) atoms. The summed E-state index contributed by atoms with van der Waals surface area (Å²) in [7, 11) is 0. The molecule has 4 aromatic rings. The van der Waals surface area contributed by atoms with Crippen LogP contribution in [0.25, 0.3) is 22.2 Å². The number of nitrogens with one attached hydrogen (secondary N) is 1. The first-order valence-corrected chi connectivity index (χ1v) is 11.9. The Morgan fingerprint density at radius 1 is 1.14 bits per heavy atom. The van der Waals surface area contributed by atoms with Gasteiger partial charge in [0.1, 0.15) is 5.69 Å². The van der Waals surface area contributed by atoms with Crippen molar-refractivity contribution >= 4 is 33.9 Å². The Labute approximate surface area is 201 Å². The van der Waals surface area contributed by atoms with E-state index in [0.29, 0.717) is 17.2 Å². The Morgan fingerprint density at radius 2 is 1.97 bits per heavy atom. The van der Waals surface area contributed by atoms with E-state index >= 15 is 0 Å². The van der Waals surface area contributed by atoms with Gasteiger partial charge in [-0.2, -0.15) is 4.39 Å². The first-order valence-electron chi connectivity index (χ1n) is 11.9. The Balaban J connectivity index is 1.49. The summed E-state index contributed by atoms with van der Waals surface area (Å²) in [5, 5.41) is 15.5. The highest BCUT2D eigenvalue weighted by Gasteiger charge is 2.24. The van der Waals surface area contributed by atoms with Gasteiger partial charge < -0.3 is 14.8 Å². The topological polar surface area (TPSA) is 89.1 Å². The third-order valence-corrected chi connectivity index (χ3v) is 7.04. The maximum atomic E-state index is 14.0. The van der Waals surface area contributed by atoms with Gasteiger partial charge in [-0.05, 0) is 49.8 Å². The number of benzene rings is 2. The number of rotatable bonds is 5. The number of hydrogen-bond acceptors (Lipinski definition) is 6. The van der Waals surface area contributed by atoms with Gasteiger partial charge >= 0.3 is 5.69 Å². The molecule has 1 fully saturated rings. The van der Waals surface area contributed by atoms with Gasteiger partial charge in [-0.25, -0.2) is 9.97 Å². The number of nitrogens with zero attached hydrogens (tertiary/aromatic N) is 5. The lowest BCUT2D eigenvalue weighted by atomic mass is 10.0. The average molecular weight is 473 g/mol. The molecule has 178 valence electrons. The quantitative estimate of drug-likeness (QED) is 0.294. The summed E-state index contributed by atoms with van der Waals surface area (Å²) in [6.45, 7) is 4.58. The molecule has 4 heterocycles. The van der Waals surface area contributed by atoms with E-state index in [1.54, 1.807) is 6.92 Å². The number of hydrogen-bond donors (Lipinski definition) is 1. The van der Waals surface area contributed by atoms with Gasteiger partial charge in [0.05, 0.1) is 28.0 Å². The minimum atomic E-state index is -0.863. The molecule has 0 aliphatic carbocycles. The smallest absolute Gasteiger partial charge is 0.306 e. The summed E-state index contributed by atoms with van der Waals surface area (Å²) >= 11 is 0. The molecule has 0 saturated carbocycles. The predicted molar refractivity (Wildman–Crippen MR) is 134 cm³/mol. The van der Waals surface area contributed by atoms with Crippen molar-refractivity contribution in [3.05, 3.63) is 69.8 Å². The third-order valence-electron chi connectivity index (χ3n) is 7.04. The second kappa shape index (κ2) is 8.33. The molecule has 0 unspecified atom stereocenters. The van der Waals surface area contributed by atoms with Gasteiger partial charge in [0.15, 0.2) is 0 Å². The van der Waals surface area contributed by atoms with E-state index in [2.05, 4.69) is 44.2 Å². The van der Waals surface area contributed by atoms with Crippen LogP contribution in [0.15, 0.2) is 42.7 Å². The van der Waals surface area contributed by atoms with Crippen LogP contribution in [-0.2, 0) is 13.0 Å². The van der Waals surface area contributed by atoms with Gasteiger partial charge in [0.25, 0.3) is 0 Å². The van der Waals surface area contributed by atoms with Crippen molar-refractivity contribution in [2.24, 2.45) is 0 Å². The molecule has 2 aliphatic rings. The fourth-order valence-corrected chi connectivity index (χ4v) is 5.32. The number of aromatic nitrogens is 3. The minimum Gasteiger partial charge on any atom is -0.369 e. The summed E-state index contributed by atoms with van der Waals surface area (Å²) < 4.78 is 16.4. The highest BCUT2D eigenvalue weighted by Crippen LogP contribution is 2.40. The van der Waals surface area contributed by atoms with E-state index in [4.69, 9.17) is 4.98 Å².